The number of aliphatic carboxylic acids is 1. The summed E-state index contributed by atoms with van der Waals surface area (Å²) in [5.41, 5.74) is 0.950. The number of carboxylic acid groups (broad SMARTS) is 1. The SMILES string of the molecule is O=C(O)C1COc2cccc(Br)c2C1. The predicted octanol–water partition coefficient (Wildman–Crippen LogP) is 2.08. The molecule has 0 saturated heterocycles. The second-order valence-corrected chi connectivity index (χ2v) is 4.12. The van der Waals surface area contributed by atoms with Crippen LogP contribution in [0, 0.1) is 5.92 Å². The molecule has 1 atom stereocenters. The summed E-state index contributed by atoms with van der Waals surface area (Å²) in [6, 6.07) is 5.63. The van der Waals surface area contributed by atoms with Gasteiger partial charge in [-0.15, -0.1) is 0 Å². The van der Waals surface area contributed by atoms with Gasteiger partial charge in [0.15, 0.2) is 0 Å². The summed E-state index contributed by atoms with van der Waals surface area (Å²) in [7, 11) is 0. The van der Waals surface area contributed by atoms with Crippen LogP contribution in [0.5, 0.6) is 5.75 Å². The molecule has 0 amide bonds. The molecular formula is C10H9BrO3. The third-order valence-corrected chi connectivity index (χ3v) is 3.06. The van der Waals surface area contributed by atoms with Crippen LogP contribution in [0.25, 0.3) is 0 Å². The number of carbonyl (C=O) groups is 1. The standard InChI is InChI=1S/C10H9BrO3/c11-8-2-1-3-9-7(8)4-6(5-14-9)10(12)13/h1-3,6H,4-5H2,(H,12,13). The normalized spacial score (nSPS) is 19.6. The van der Waals surface area contributed by atoms with Gasteiger partial charge in [0.1, 0.15) is 12.4 Å². The van der Waals surface area contributed by atoms with Gasteiger partial charge in [0.05, 0.1) is 5.92 Å². The Bertz CT molecular complexity index is 376. The number of ether oxygens (including phenoxy) is 1. The maximum Gasteiger partial charge on any atom is 0.310 e. The second-order valence-electron chi connectivity index (χ2n) is 3.27. The van der Waals surface area contributed by atoms with Gasteiger partial charge in [0.2, 0.25) is 0 Å². The fraction of sp³-hybridized carbons (Fsp3) is 0.300. The van der Waals surface area contributed by atoms with Crippen LogP contribution in [0.4, 0.5) is 0 Å². The van der Waals surface area contributed by atoms with E-state index in [2.05, 4.69) is 15.9 Å². The Morgan fingerprint density at radius 2 is 2.36 bits per heavy atom. The summed E-state index contributed by atoms with van der Waals surface area (Å²) in [4.78, 5) is 10.8. The Hall–Kier alpha value is -1.03. The Balaban J connectivity index is 2.33. The van der Waals surface area contributed by atoms with Crippen molar-refractivity contribution in [3.63, 3.8) is 0 Å². The van der Waals surface area contributed by atoms with E-state index in [0.717, 1.165) is 15.8 Å². The molecule has 1 unspecified atom stereocenters. The molecule has 1 heterocycles. The zero-order valence-corrected chi connectivity index (χ0v) is 8.95. The lowest BCUT2D eigenvalue weighted by Crippen LogP contribution is -2.28. The number of hydrogen-bond acceptors (Lipinski definition) is 2. The first-order chi connectivity index (χ1) is 6.68. The van der Waals surface area contributed by atoms with Crippen molar-refractivity contribution in [1.82, 2.24) is 0 Å². The van der Waals surface area contributed by atoms with Gasteiger partial charge >= 0.3 is 5.97 Å². The Labute approximate surface area is 89.8 Å². The van der Waals surface area contributed by atoms with Crippen LogP contribution >= 0.6 is 15.9 Å². The molecular weight excluding hydrogens is 248 g/mol. The van der Waals surface area contributed by atoms with Crippen LogP contribution in [0.2, 0.25) is 0 Å². The lowest BCUT2D eigenvalue weighted by atomic mass is 9.97. The summed E-state index contributed by atoms with van der Waals surface area (Å²) in [6.45, 7) is 0.263. The van der Waals surface area contributed by atoms with E-state index >= 15 is 0 Å². The molecule has 14 heavy (non-hydrogen) atoms. The molecule has 0 fully saturated rings. The molecule has 0 saturated carbocycles. The van der Waals surface area contributed by atoms with E-state index in [4.69, 9.17) is 9.84 Å². The second kappa shape index (κ2) is 3.61. The molecule has 4 heteroatoms. The van der Waals surface area contributed by atoms with E-state index in [9.17, 15) is 4.79 Å². The topological polar surface area (TPSA) is 46.5 Å². The number of fused-ring (bicyclic) bond motifs is 1. The minimum atomic E-state index is -0.800. The van der Waals surface area contributed by atoms with Crippen LogP contribution in [-0.4, -0.2) is 17.7 Å². The van der Waals surface area contributed by atoms with Crippen molar-refractivity contribution in [3.8, 4) is 5.75 Å². The van der Waals surface area contributed by atoms with Gasteiger partial charge in [-0.1, -0.05) is 22.0 Å². The molecule has 1 aliphatic heterocycles. The first kappa shape index (κ1) is 9.52. The summed E-state index contributed by atoms with van der Waals surface area (Å²) in [6.07, 6.45) is 0.534. The quantitative estimate of drug-likeness (QED) is 0.837. The smallest absolute Gasteiger partial charge is 0.310 e. The monoisotopic (exact) mass is 256 g/mol. The number of benzene rings is 1. The highest BCUT2D eigenvalue weighted by molar-refractivity contribution is 9.10. The molecule has 0 radical (unpaired) electrons. The van der Waals surface area contributed by atoms with Crippen molar-refractivity contribution < 1.29 is 14.6 Å². The number of hydrogen-bond donors (Lipinski definition) is 1. The fourth-order valence-electron chi connectivity index (χ4n) is 1.53. The van der Waals surface area contributed by atoms with E-state index in [1.807, 2.05) is 18.2 Å². The molecule has 74 valence electrons. The number of halogens is 1. The predicted molar refractivity (Wildman–Crippen MR) is 54.5 cm³/mol. The van der Waals surface area contributed by atoms with E-state index in [-0.39, 0.29) is 6.61 Å². The van der Waals surface area contributed by atoms with Crippen LogP contribution < -0.4 is 4.74 Å². The van der Waals surface area contributed by atoms with E-state index in [1.54, 1.807) is 0 Å². The van der Waals surface area contributed by atoms with Gasteiger partial charge in [-0.3, -0.25) is 4.79 Å². The highest BCUT2D eigenvalue weighted by Crippen LogP contribution is 2.32. The van der Waals surface area contributed by atoms with Crippen LogP contribution in [-0.2, 0) is 11.2 Å². The van der Waals surface area contributed by atoms with Crippen LogP contribution in [0.15, 0.2) is 22.7 Å². The number of carboxylic acids is 1. The van der Waals surface area contributed by atoms with Crippen LogP contribution in [0.1, 0.15) is 5.56 Å². The molecule has 0 spiro atoms. The zero-order chi connectivity index (χ0) is 10.1. The molecule has 2 rings (SSSR count). The molecule has 0 bridgehead atoms. The van der Waals surface area contributed by atoms with E-state index in [0.29, 0.717) is 6.42 Å². The van der Waals surface area contributed by atoms with Gasteiger partial charge in [-0.25, -0.2) is 0 Å². The van der Waals surface area contributed by atoms with Crippen molar-refractivity contribution in [3.05, 3.63) is 28.2 Å². The maximum absolute atomic E-state index is 10.8. The van der Waals surface area contributed by atoms with Gasteiger partial charge in [-0.05, 0) is 18.6 Å². The minimum absolute atomic E-state index is 0.263. The van der Waals surface area contributed by atoms with Crippen molar-refractivity contribution in [1.29, 1.82) is 0 Å². The maximum atomic E-state index is 10.8. The molecule has 3 nitrogen and oxygen atoms in total. The van der Waals surface area contributed by atoms with Crippen molar-refractivity contribution in [2.24, 2.45) is 5.92 Å². The Morgan fingerprint density at radius 1 is 1.57 bits per heavy atom. The summed E-state index contributed by atoms with van der Waals surface area (Å²) >= 11 is 3.39. The minimum Gasteiger partial charge on any atom is -0.492 e. The zero-order valence-electron chi connectivity index (χ0n) is 7.37. The molecule has 1 aliphatic rings. The molecule has 1 aromatic rings. The Morgan fingerprint density at radius 3 is 3.07 bits per heavy atom. The average molecular weight is 257 g/mol. The van der Waals surface area contributed by atoms with Crippen molar-refractivity contribution in [2.45, 2.75) is 6.42 Å². The first-order valence-electron chi connectivity index (χ1n) is 4.31. The lowest BCUT2D eigenvalue weighted by Gasteiger charge is -2.23. The molecule has 0 aromatic heterocycles. The summed E-state index contributed by atoms with van der Waals surface area (Å²) in [5, 5.41) is 8.86. The van der Waals surface area contributed by atoms with E-state index < -0.39 is 11.9 Å². The lowest BCUT2D eigenvalue weighted by molar-refractivity contribution is -0.143. The fourth-order valence-corrected chi connectivity index (χ4v) is 2.04. The third-order valence-electron chi connectivity index (χ3n) is 2.32. The molecule has 1 aromatic carbocycles. The highest BCUT2D eigenvalue weighted by Gasteiger charge is 2.26. The molecule has 0 aliphatic carbocycles. The van der Waals surface area contributed by atoms with Crippen molar-refractivity contribution >= 4 is 21.9 Å². The van der Waals surface area contributed by atoms with Crippen molar-refractivity contribution in [2.75, 3.05) is 6.61 Å². The van der Waals surface area contributed by atoms with Gasteiger partial charge in [0, 0.05) is 10.0 Å². The largest absolute Gasteiger partial charge is 0.492 e. The molecule has 1 N–H and O–H groups in total. The van der Waals surface area contributed by atoms with E-state index in [1.165, 1.54) is 0 Å². The van der Waals surface area contributed by atoms with Gasteiger partial charge in [0.25, 0.3) is 0 Å². The summed E-state index contributed by atoms with van der Waals surface area (Å²) < 4.78 is 6.28. The summed E-state index contributed by atoms with van der Waals surface area (Å²) in [5.74, 6) is -0.440. The van der Waals surface area contributed by atoms with Crippen LogP contribution in [0.3, 0.4) is 0 Å². The Kier molecular flexibility index (Phi) is 2.46. The third kappa shape index (κ3) is 1.62. The number of rotatable bonds is 1. The average Bonchev–Trinajstić information content (AvgIpc) is 2.18. The van der Waals surface area contributed by atoms with Gasteiger partial charge in [-0.2, -0.15) is 0 Å². The van der Waals surface area contributed by atoms with Gasteiger partial charge < -0.3 is 9.84 Å². The first-order valence-corrected chi connectivity index (χ1v) is 5.11. The highest BCUT2D eigenvalue weighted by atomic mass is 79.9.